The molecule has 0 aliphatic rings. The van der Waals surface area contributed by atoms with Gasteiger partial charge in [0.15, 0.2) is 0 Å². The summed E-state index contributed by atoms with van der Waals surface area (Å²) in [4.78, 5) is 10.6. The minimum Gasteiger partial charge on any atom is -0.466 e. The van der Waals surface area contributed by atoms with Gasteiger partial charge in [0.05, 0.1) is 6.61 Å². The molecular weight excluding hydrogens is 407 g/mol. The highest BCUT2D eigenvalue weighted by atomic mass is 35.8. The lowest BCUT2D eigenvalue weighted by Gasteiger charge is -2.07. The van der Waals surface area contributed by atoms with E-state index in [0.717, 1.165) is 18.9 Å². The number of halogens is 3. The minimum atomic E-state index is -2.37. The highest BCUT2D eigenvalue weighted by molar-refractivity contribution is 7.64. The third-order valence-corrected chi connectivity index (χ3v) is 7.28. The van der Waals surface area contributed by atoms with Gasteiger partial charge in [-0.15, -0.1) is 33.2 Å². The smallest absolute Gasteiger partial charge is 0.341 e. The van der Waals surface area contributed by atoms with Gasteiger partial charge in [-0.25, -0.2) is 0 Å². The van der Waals surface area contributed by atoms with Crippen molar-refractivity contribution in [3.63, 3.8) is 0 Å². The van der Waals surface area contributed by atoms with Gasteiger partial charge in [0.2, 0.25) is 0 Å². The van der Waals surface area contributed by atoms with Crippen LogP contribution in [0.15, 0.2) is 0 Å². The van der Waals surface area contributed by atoms with Crippen molar-refractivity contribution in [3.05, 3.63) is 0 Å². The molecule has 0 aromatic carbocycles. The Labute approximate surface area is 176 Å². The van der Waals surface area contributed by atoms with E-state index in [1.54, 1.807) is 0 Å². The van der Waals surface area contributed by atoms with Gasteiger partial charge >= 0.3 is 12.0 Å². The highest BCUT2D eigenvalue weighted by Gasteiger charge is 2.23. The van der Waals surface area contributed by atoms with Gasteiger partial charge in [-0.2, -0.15) is 0 Å². The number of unbranched alkanes of at least 4 members (excludes halogenated alkanes) is 15. The average molecular weight is 446 g/mol. The first-order valence-electron chi connectivity index (χ1n) is 10.6. The van der Waals surface area contributed by atoms with E-state index in [2.05, 4.69) is 0 Å². The molecule has 0 fully saturated rings. The number of carbonyl (C=O) groups is 1. The predicted octanol–water partition coefficient (Wildman–Crippen LogP) is 8.45. The molecule has 0 saturated heterocycles. The lowest BCUT2D eigenvalue weighted by Crippen LogP contribution is -2.07. The Morgan fingerprint density at radius 3 is 1.23 bits per heavy atom. The lowest BCUT2D eigenvalue weighted by molar-refractivity contribution is -0.141. The van der Waals surface area contributed by atoms with Crippen molar-refractivity contribution >= 4 is 45.2 Å². The van der Waals surface area contributed by atoms with Crippen LogP contribution < -0.4 is 0 Å². The fraction of sp³-hybridized carbons (Fsp3) is 0.950. The first-order chi connectivity index (χ1) is 12.4. The molecule has 2 nitrogen and oxygen atoms in total. The van der Waals surface area contributed by atoms with Crippen LogP contribution in [0.4, 0.5) is 0 Å². The van der Waals surface area contributed by atoms with Crippen LogP contribution in [-0.2, 0) is 9.53 Å². The van der Waals surface area contributed by atoms with E-state index < -0.39 is 6.00 Å². The van der Waals surface area contributed by atoms with Crippen LogP contribution in [0.2, 0.25) is 6.04 Å². The first-order valence-corrected chi connectivity index (χ1v) is 15.9. The maximum atomic E-state index is 10.6. The lowest BCUT2D eigenvalue weighted by atomic mass is 10.0. The van der Waals surface area contributed by atoms with Crippen molar-refractivity contribution in [2.75, 3.05) is 6.61 Å². The molecule has 156 valence electrons. The third kappa shape index (κ3) is 24.6. The predicted molar refractivity (Wildman–Crippen MR) is 119 cm³/mol. The van der Waals surface area contributed by atoms with Crippen molar-refractivity contribution in [2.24, 2.45) is 0 Å². The molecule has 6 heteroatoms. The van der Waals surface area contributed by atoms with Crippen molar-refractivity contribution in [3.8, 4) is 0 Å². The van der Waals surface area contributed by atoms with Crippen LogP contribution >= 0.6 is 33.2 Å². The average Bonchev–Trinajstić information content (AvgIpc) is 2.55. The summed E-state index contributed by atoms with van der Waals surface area (Å²) in [6.45, 7) is 2.06. The van der Waals surface area contributed by atoms with Gasteiger partial charge in [-0.1, -0.05) is 96.3 Å². The summed E-state index contributed by atoms with van der Waals surface area (Å²) in [6.07, 6.45) is 20.7. The van der Waals surface area contributed by atoms with Crippen LogP contribution in [0.25, 0.3) is 0 Å². The largest absolute Gasteiger partial charge is 0.466 e. The van der Waals surface area contributed by atoms with Crippen LogP contribution in [-0.4, -0.2) is 18.6 Å². The van der Waals surface area contributed by atoms with E-state index in [1.165, 1.54) is 96.8 Å². The van der Waals surface area contributed by atoms with Gasteiger partial charge in [0.25, 0.3) is 0 Å². The van der Waals surface area contributed by atoms with Crippen molar-refractivity contribution in [1.82, 2.24) is 0 Å². The molecule has 0 aliphatic carbocycles. The van der Waals surface area contributed by atoms with Gasteiger partial charge in [0.1, 0.15) is 0 Å². The SMILES string of the molecule is CC(=O)OCCCCCCCCCCCCCCCCCC[Si](Cl)(Cl)Cl. The summed E-state index contributed by atoms with van der Waals surface area (Å²) in [5.41, 5.74) is 0. The van der Waals surface area contributed by atoms with E-state index >= 15 is 0 Å². The van der Waals surface area contributed by atoms with E-state index in [0.29, 0.717) is 6.61 Å². The zero-order chi connectivity index (χ0) is 19.5. The van der Waals surface area contributed by atoms with E-state index in [1.807, 2.05) is 0 Å². The summed E-state index contributed by atoms with van der Waals surface area (Å²) in [7, 11) is 0. The monoisotopic (exact) mass is 444 g/mol. The van der Waals surface area contributed by atoms with Crippen molar-refractivity contribution in [2.45, 2.75) is 116 Å². The molecule has 0 heterocycles. The zero-order valence-corrected chi connectivity index (χ0v) is 19.9. The number of hydrogen-bond acceptors (Lipinski definition) is 2. The van der Waals surface area contributed by atoms with Gasteiger partial charge in [-0.05, 0) is 12.5 Å². The van der Waals surface area contributed by atoms with Gasteiger partial charge in [0, 0.05) is 6.92 Å². The van der Waals surface area contributed by atoms with Crippen LogP contribution in [0.3, 0.4) is 0 Å². The minimum absolute atomic E-state index is 0.164. The Morgan fingerprint density at radius 2 is 0.923 bits per heavy atom. The summed E-state index contributed by atoms with van der Waals surface area (Å²) in [6, 6.07) is -1.56. The number of ether oxygens (including phenoxy) is 1. The summed E-state index contributed by atoms with van der Waals surface area (Å²) in [5, 5.41) is 0. The van der Waals surface area contributed by atoms with E-state index in [4.69, 9.17) is 38.0 Å². The van der Waals surface area contributed by atoms with Crippen LogP contribution in [0, 0.1) is 0 Å². The maximum absolute atomic E-state index is 10.6. The van der Waals surface area contributed by atoms with Crippen molar-refractivity contribution < 1.29 is 9.53 Å². The Balaban J connectivity index is 3.04. The van der Waals surface area contributed by atoms with E-state index in [-0.39, 0.29) is 5.97 Å². The second-order valence-corrected chi connectivity index (χ2v) is 16.6. The topological polar surface area (TPSA) is 26.3 Å². The molecule has 0 bridgehead atoms. The Morgan fingerprint density at radius 1 is 0.615 bits per heavy atom. The van der Waals surface area contributed by atoms with E-state index in [9.17, 15) is 4.79 Å². The number of carbonyl (C=O) groups excluding carboxylic acids is 1. The third-order valence-electron chi connectivity index (χ3n) is 4.66. The molecule has 0 aliphatic heterocycles. The van der Waals surface area contributed by atoms with Crippen LogP contribution in [0.5, 0.6) is 0 Å². The molecule has 0 saturated carbocycles. The summed E-state index contributed by atoms with van der Waals surface area (Å²) in [5.74, 6) is -0.164. The zero-order valence-electron chi connectivity index (χ0n) is 16.7. The van der Waals surface area contributed by atoms with Gasteiger partial charge < -0.3 is 4.74 Å². The highest BCUT2D eigenvalue weighted by Crippen LogP contribution is 2.27. The molecule has 0 N–H and O–H groups in total. The Hall–Kier alpha value is 0.557. The standard InChI is InChI=1S/C20H39Cl3O2Si/c1-20(24)25-18-16-14-12-10-8-6-4-2-3-5-7-9-11-13-15-17-19-26(21,22)23/h2-19H2,1H3. The fourth-order valence-electron chi connectivity index (χ4n) is 3.12. The van der Waals surface area contributed by atoms with Crippen molar-refractivity contribution in [1.29, 1.82) is 0 Å². The number of hydrogen-bond donors (Lipinski definition) is 0. The molecule has 0 unspecified atom stereocenters. The number of rotatable bonds is 19. The molecular formula is C20H39Cl3O2Si. The quantitative estimate of drug-likeness (QED) is 0.0862. The molecule has 0 amide bonds. The molecule has 0 spiro atoms. The molecule has 0 rings (SSSR count). The second kappa shape index (κ2) is 18.9. The molecule has 0 aromatic rings. The molecule has 26 heavy (non-hydrogen) atoms. The number of esters is 1. The summed E-state index contributed by atoms with van der Waals surface area (Å²) >= 11 is 17.6. The fourth-order valence-corrected chi connectivity index (χ4v) is 4.97. The van der Waals surface area contributed by atoms with Gasteiger partial charge in [-0.3, -0.25) is 4.79 Å². The maximum Gasteiger partial charge on any atom is 0.341 e. The normalized spacial score (nSPS) is 11.7. The molecule has 0 radical (unpaired) electrons. The molecule has 0 atom stereocenters. The first kappa shape index (κ1) is 26.6. The summed E-state index contributed by atoms with van der Waals surface area (Å²) < 4.78 is 4.93. The van der Waals surface area contributed by atoms with Crippen LogP contribution in [0.1, 0.15) is 110 Å². The molecule has 0 aromatic heterocycles. The Bertz CT molecular complexity index is 323. The second-order valence-electron chi connectivity index (χ2n) is 7.36. The Kier molecular flexibility index (Phi) is 19.3.